The fourth-order valence-electron chi connectivity index (χ4n) is 1.68. The molecule has 0 aliphatic carbocycles. The number of carboxylic acid groups (broad SMARTS) is 1. The number of nitro benzene ring substituents is 1. The first-order chi connectivity index (χ1) is 9.88. The molecule has 6 nitrogen and oxygen atoms in total. The second-order valence-corrected chi connectivity index (χ2v) is 4.05. The summed E-state index contributed by atoms with van der Waals surface area (Å²) in [5, 5.41) is 22.3. The zero-order chi connectivity index (χ0) is 15.6. The molecule has 8 heteroatoms. The van der Waals surface area contributed by atoms with Gasteiger partial charge in [0.05, 0.1) is 4.92 Å². The molecule has 0 unspecified atom stereocenters. The predicted molar refractivity (Wildman–Crippen MR) is 69.7 cm³/mol. The molecule has 108 valence electrons. The average Bonchev–Trinajstić information content (AvgIpc) is 2.42. The molecule has 2 rings (SSSR count). The van der Waals surface area contributed by atoms with Gasteiger partial charge in [0.1, 0.15) is 5.56 Å². The van der Waals surface area contributed by atoms with Gasteiger partial charge in [-0.1, -0.05) is 0 Å². The van der Waals surface area contributed by atoms with Crippen molar-refractivity contribution >= 4 is 23.0 Å². The molecule has 0 atom stereocenters. The number of hydrogen-bond donors (Lipinski definition) is 2. The van der Waals surface area contributed by atoms with Gasteiger partial charge in [-0.05, 0) is 24.3 Å². The third-order valence-corrected chi connectivity index (χ3v) is 2.63. The van der Waals surface area contributed by atoms with Crippen LogP contribution < -0.4 is 5.32 Å². The van der Waals surface area contributed by atoms with E-state index < -0.39 is 33.8 Å². The molecule has 0 fully saturated rings. The number of carbonyl (C=O) groups is 1. The molecule has 0 radical (unpaired) electrons. The van der Waals surface area contributed by atoms with Crippen molar-refractivity contribution in [2.45, 2.75) is 0 Å². The lowest BCUT2D eigenvalue weighted by atomic mass is 10.1. The van der Waals surface area contributed by atoms with E-state index in [0.29, 0.717) is 0 Å². The van der Waals surface area contributed by atoms with E-state index in [0.717, 1.165) is 24.3 Å². The zero-order valence-corrected chi connectivity index (χ0v) is 10.3. The Kier molecular flexibility index (Phi) is 3.79. The molecule has 2 aromatic carbocycles. The Morgan fingerprint density at radius 1 is 1.10 bits per heavy atom. The summed E-state index contributed by atoms with van der Waals surface area (Å²) in [5.41, 5.74) is -0.713. The molecular weight excluding hydrogens is 286 g/mol. The van der Waals surface area contributed by atoms with E-state index in [1.54, 1.807) is 0 Å². The molecule has 0 aliphatic heterocycles. The second-order valence-electron chi connectivity index (χ2n) is 4.05. The maximum Gasteiger partial charge on any atom is 0.342 e. The maximum absolute atomic E-state index is 13.1. The number of rotatable bonds is 4. The Morgan fingerprint density at radius 3 is 2.29 bits per heavy atom. The van der Waals surface area contributed by atoms with Gasteiger partial charge in [0.25, 0.3) is 5.69 Å². The molecule has 2 aromatic rings. The summed E-state index contributed by atoms with van der Waals surface area (Å²) in [7, 11) is 0. The molecule has 0 saturated carbocycles. The first-order valence-corrected chi connectivity index (χ1v) is 5.62. The minimum Gasteiger partial charge on any atom is -0.477 e. The van der Waals surface area contributed by atoms with Gasteiger partial charge < -0.3 is 10.4 Å². The van der Waals surface area contributed by atoms with Gasteiger partial charge in [-0.15, -0.1) is 0 Å². The summed E-state index contributed by atoms with van der Waals surface area (Å²) in [6.45, 7) is 0. The van der Waals surface area contributed by atoms with E-state index in [4.69, 9.17) is 5.11 Å². The highest BCUT2D eigenvalue weighted by Crippen LogP contribution is 2.26. The van der Waals surface area contributed by atoms with Crippen LogP contribution in [0.1, 0.15) is 10.4 Å². The largest absolute Gasteiger partial charge is 0.477 e. The maximum atomic E-state index is 13.1. The normalized spacial score (nSPS) is 10.2. The highest BCUT2D eigenvalue weighted by molar-refractivity contribution is 5.93. The minimum absolute atomic E-state index is 0.172. The second kappa shape index (κ2) is 5.53. The molecular formula is C13H8F2N2O4. The van der Waals surface area contributed by atoms with Crippen LogP contribution in [0.4, 0.5) is 25.8 Å². The van der Waals surface area contributed by atoms with Crippen LogP contribution in [-0.2, 0) is 0 Å². The number of aromatic carboxylic acids is 1. The summed E-state index contributed by atoms with van der Waals surface area (Å²) >= 11 is 0. The predicted octanol–water partition coefficient (Wildman–Crippen LogP) is 3.31. The summed E-state index contributed by atoms with van der Waals surface area (Å²) < 4.78 is 25.9. The van der Waals surface area contributed by atoms with Gasteiger partial charge in [-0.25, -0.2) is 13.6 Å². The van der Waals surface area contributed by atoms with Crippen LogP contribution in [0.15, 0.2) is 36.4 Å². The first-order valence-electron chi connectivity index (χ1n) is 5.62. The standard InChI is InChI=1S/C13H8F2N2O4/c14-10-4-2-7(5-11(10)15)16-8-1-3-9(13(18)19)12(6-8)17(20)21/h1-6,16H,(H,18,19). The first kappa shape index (κ1) is 14.4. The van der Waals surface area contributed by atoms with Gasteiger partial charge in [0.15, 0.2) is 11.6 Å². The van der Waals surface area contributed by atoms with Crippen LogP contribution in [0.3, 0.4) is 0 Å². The van der Waals surface area contributed by atoms with Crippen LogP contribution in [-0.4, -0.2) is 16.0 Å². The van der Waals surface area contributed by atoms with Crippen molar-refractivity contribution in [2.24, 2.45) is 0 Å². The SMILES string of the molecule is O=C(O)c1ccc(Nc2ccc(F)c(F)c2)cc1[N+](=O)[O-]. The van der Waals surface area contributed by atoms with Crippen LogP contribution in [0.2, 0.25) is 0 Å². The van der Waals surface area contributed by atoms with Crippen molar-refractivity contribution in [3.63, 3.8) is 0 Å². The average molecular weight is 294 g/mol. The third-order valence-electron chi connectivity index (χ3n) is 2.63. The number of carboxylic acids is 1. The van der Waals surface area contributed by atoms with E-state index in [-0.39, 0.29) is 11.4 Å². The molecule has 0 amide bonds. The molecule has 0 saturated heterocycles. The Morgan fingerprint density at radius 2 is 1.71 bits per heavy atom. The summed E-state index contributed by atoms with van der Waals surface area (Å²) in [4.78, 5) is 20.9. The number of nitro groups is 1. The monoisotopic (exact) mass is 294 g/mol. The highest BCUT2D eigenvalue weighted by Gasteiger charge is 2.20. The number of nitrogens with one attached hydrogen (secondary N) is 1. The Bertz CT molecular complexity index is 734. The van der Waals surface area contributed by atoms with Crippen molar-refractivity contribution < 1.29 is 23.6 Å². The van der Waals surface area contributed by atoms with Gasteiger partial charge in [-0.2, -0.15) is 0 Å². The lowest BCUT2D eigenvalue weighted by Crippen LogP contribution is -2.03. The Balaban J connectivity index is 2.36. The van der Waals surface area contributed by atoms with Crippen LogP contribution in [0, 0.1) is 21.7 Å². The minimum atomic E-state index is -1.43. The topological polar surface area (TPSA) is 92.5 Å². The van der Waals surface area contributed by atoms with E-state index in [2.05, 4.69) is 5.32 Å². The number of halogens is 2. The van der Waals surface area contributed by atoms with Crippen molar-refractivity contribution in [3.05, 3.63) is 63.7 Å². The van der Waals surface area contributed by atoms with Gasteiger partial charge >= 0.3 is 5.97 Å². The molecule has 21 heavy (non-hydrogen) atoms. The van der Waals surface area contributed by atoms with Crippen molar-refractivity contribution in [2.75, 3.05) is 5.32 Å². The molecule has 2 N–H and O–H groups in total. The summed E-state index contributed by atoms with van der Waals surface area (Å²) in [6.07, 6.45) is 0. The zero-order valence-electron chi connectivity index (χ0n) is 10.3. The third kappa shape index (κ3) is 3.11. The number of hydrogen-bond acceptors (Lipinski definition) is 4. The molecule has 0 spiro atoms. The van der Waals surface area contributed by atoms with Crippen LogP contribution in [0.5, 0.6) is 0 Å². The van der Waals surface area contributed by atoms with Crippen molar-refractivity contribution in [1.29, 1.82) is 0 Å². The molecule has 0 heterocycles. The lowest BCUT2D eigenvalue weighted by molar-refractivity contribution is -0.385. The van der Waals surface area contributed by atoms with Crippen molar-refractivity contribution in [1.82, 2.24) is 0 Å². The van der Waals surface area contributed by atoms with Gasteiger partial charge in [0.2, 0.25) is 0 Å². The number of benzene rings is 2. The number of nitrogens with zero attached hydrogens (tertiary/aromatic N) is 1. The summed E-state index contributed by atoms with van der Waals surface area (Å²) in [5.74, 6) is -3.52. The van der Waals surface area contributed by atoms with Crippen LogP contribution >= 0.6 is 0 Å². The van der Waals surface area contributed by atoms with Gasteiger partial charge in [0, 0.05) is 23.5 Å². The van der Waals surface area contributed by atoms with Crippen LogP contribution in [0.25, 0.3) is 0 Å². The van der Waals surface area contributed by atoms with E-state index >= 15 is 0 Å². The number of anilines is 2. The van der Waals surface area contributed by atoms with E-state index in [1.165, 1.54) is 12.1 Å². The fraction of sp³-hybridized carbons (Fsp3) is 0. The van der Waals surface area contributed by atoms with Crippen molar-refractivity contribution in [3.8, 4) is 0 Å². The molecule has 0 aromatic heterocycles. The smallest absolute Gasteiger partial charge is 0.342 e. The van der Waals surface area contributed by atoms with E-state index in [9.17, 15) is 23.7 Å². The van der Waals surface area contributed by atoms with E-state index in [1.807, 2.05) is 0 Å². The Labute approximate surface area is 116 Å². The van der Waals surface area contributed by atoms with Gasteiger partial charge in [-0.3, -0.25) is 10.1 Å². The highest BCUT2D eigenvalue weighted by atomic mass is 19.2. The fourth-order valence-corrected chi connectivity index (χ4v) is 1.68. The summed E-state index contributed by atoms with van der Waals surface area (Å²) in [6, 6.07) is 6.38. The molecule has 0 bridgehead atoms. The molecule has 0 aliphatic rings. The quantitative estimate of drug-likeness (QED) is 0.666. The Hall–Kier alpha value is -3.03. The lowest BCUT2D eigenvalue weighted by Gasteiger charge is -2.07.